The van der Waals surface area contributed by atoms with Gasteiger partial charge in [-0.05, 0) is 81.6 Å². The Bertz CT molecular complexity index is 1480. The first-order chi connectivity index (χ1) is 18.5. The van der Waals surface area contributed by atoms with Gasteiger partial charge in [0.05, 0.1) is 19.7 Å². The fraction of sp³-hybridized carbons (Fsp3) is 0.333. The second-order valence-electron chi connectivity index (χ2n) is 10.5. The standard InChI is InChI=1S/C30H35N5O4/c1-19-11-10-14-25(20(19)2)35(27(36)18-34-26-13-9-8-12-24(26)32-33-34)28(29(37)31-30(3,4)5)21-15-22(38-6)17-23(16-21)39-7/h8-17,28H,18H2,1-7H3,(H,31,37)/t28-/m0/s1. The van der Waals surface area contributed by atoms with Gasteiger partial charge in [0.2, 0.25) is 11.8 Å². The third kappa shape index (κ3) is 6.03. The van der Waals surface area contributed by atoms with Crippen LogP contribution in [0.4, 0.5) is 5.69 Å². The average Bonchev–Trinajstić information content (AvgIpc) is 3.30. The minimum Gasteiger partial charge on any atom is -0.497 e. The number of amides is 2. The maximum atomic E-state index is 14.3. The van der Waals surface area contributed by atoms with Gasteiger partial charge >= 0.3 is 0 Å². The van der Waals surface area contributed by atoms with Crippen molar-refractivity contribution >= 4 is 28.5 Å². The van der Waals surface area contributed by atoms with E-state index in [1.54, 1.807) is 42.0 Å². The lowest BCUT2D eigenvalue weighted by molar-refractivity contribution is -0.128. The van der Waals surface area contributed by atoms with Crippen LogP contribution in [-0.4, -0.2) is 46.6 Å². The number of benzene rings is 3. The van der Waals surface area contributed by atoms with Crippen molar-refractivity contribution in [2.45, 2.75) is 52.7 Å². The number of aryl methyl sites for hydroxylation is 1. The molecular weight excluding hydrogens is 494 g/mol. The van der Waals surface area contributed by atoms with Gasteiger partial charge in [0.15, 0.2) is 0 Å². The molecule has 3 aromatic carbocycles. The van der Waals surface area contributed by atoms with Crippen molar-refractivity contribution in [1.82, 2.24) is 20.3 Å². The molecule has 0 aliphatic rings. The lowest BCUT2D eigenvalue weighted by Crippen LogP contribution is -2.50. The molecule has 9 nitrogen and oxygen atoms in total. The summed E-state index contributed by atoms with van der Waals surface area (Å²) >= 11 is 0. The number of hydrogen-bond donors (Lipinski definition) is 1. The van der Waals surface area contributed by atoms with Gasteiger partial charge in [-0.15, -0.1) is 5.10 Å². The van der Waals surface area contributed by atoms with Crippen molar-refractivity contribution < 1.29 is 19.1 Å². The Balaban J connectivity index is 1.92. The van der Waals surface area contributed by atoms with Crippen LogP contribution in [0.5, 0.6) is 11.5 Å². The number of aromatic nitrogens is 3. The molecule has 0 aliphatic heterocycles. The lowest BCUT2D eigenvalue weighted by Gasteiger charge is -2.35. The van der Waals surface area contributed by atoms with Gasteiger partial charge in [-0.25, -0.2) is 4.68 Å². The first kappa shape index (κ1) is 27.6. The van der Waals surface area contributed by atoms with E-state index in [0.29, 0.717) is 28.3 Å². The molecule has 0 fully saturated rings. The highest BCUT2D eigenvalue weighted by Gasteiger charge is 2.36. The van der Waals surface area contributed by atoms with E-state index in [1.165, 1.54) is 0 Å². The fourth-order valence-corrected chi connectivity index (χ4v) is 4.50. The molecule has 4 rings (SSSR count). The molecule has 0 spiro atoms. The van der Waals surface area contributed by atoms with Crippen molar-refractivity contribution in [3.63, 3.8) is 0 Å². The molecule has 0 saturated carbocycles. The summed E-state index contributed by atoms with van der Waals surface area (Å²) < 4.78 is 12.6. The van der Waals surface area contributed by atoms with E-state index in [-0.39, 0.29) is 18.4 Å². The molecule has 4 aromatic rings. The molecule has 0 radical (unpaired) electrons. The van der Waals surface area contributed by atoms with E-state index in [1.807, 2.05) is 77.1 Å². The van der Waals surface area contributed by atoms with Gasteiger partial charge in [-0.3, -0.25) is 14.5 Å². The van der Waals surface area contributed by atoms with Crippen LogP contribution in [0.15, 0.2) is 60.7 Å². The van der Waals surface area contributed by atoms with Crippen LogP contribution in [0.2, 0.25) is 0 Å². The molecule has 0 unspecified atom stereocenters. The molecule has 1 atom stereocenters. The summed E-state index contributed by atoms with van der Waals surface area (Å²) in [7, 11) is 3.10. The van der Waals surface area contributed by atoms with Gasteiger partial charge in [-0.1, -0.05) is 29.5 Å². The van der Waals surface area contributed by atoms with Crippen LogP contribution >= 0.6 is 0 Å². The number of fused-ring (bicyclic) bond motifs is 1. The molecular formula is C30H35N5O4. The van der Waals surface area contributed by atoms with Crippen molar-refractivity contribution in [3.05, 3.63) is 77.4 Å². The molecule has 0 bridgehead atoms. The number of anilines is 1. The van der Waals surface area contributed by atoms with Crippen LogP contribution in [-0.2, 0) is 16.1 Å². The van der Waals surface area contributed by atoms with Crippen molar-refractivity contribution in [3.8, 4) is 11.5 Å². The molecule has 2 amide bonds. The van der Waals surface area contributed by atoms with E-state index in [9.17, 15) is 9.59 Å². The van der Waals surface area contributed by atoms with Crippen LogP contribution in [0, 0.1) is 13.8 Å². The third-order valence-electron chi connectivity index (χ3n) is 6.50. The molecule has 0 saturated heterocycles. The highest BCUT2D eigenvalue weighted by Crippen LogP contribution is 2.36. The van der Waals surface area contributed by atoms with Crippen LogP contribution in [0.3, 0.4) is 0 Å². The van der Waals surface area contributed by atoms with E-state index in [2.05, 4.69) is 15.6 Å². The first-order valence-electron chi connectivity index (χ1n) is 12.7. The van der Waals surface area contributed by atoms with Crippen LogP contribution in [0.25, 0.3) is 11.0 Å². The number of carbonyl (C=O) groups excluding carboxylic acids is 2. The topological polar surface area (TPSA) is 98.6 Å². The van der Waals surface area contributed by atoms with Crippen molar-refractivity contribution in [2.24, 2.45) is 0 Å². The summed E-state index contributed by atoms with van der Waals surface area (Å²) in [5.41, 5.74) is 3.92. The Morgan fingerprint density at radius 1 is 0.974 bits per heavy atom. The zero-order valence-electron chi connectivity index (χ0n) is 23.5. The zero-order valence-corrected chi connectivity index (χ0v) is 23.5. The highest BCUT2D eigenvalue weighted by molar-refractivity contribution is 6.02. The maximum absolute atomic E-state index is 14.3. The molecule has 9 heteroatoms. The van der Waals surface area contributed by atoms with E-state index in [0.717, 1.165) is 16.6 Å². The predicted molar refractivity (Wildman–Crippen MR) is 151 cm³/mol. The predicted octanol–water partition coefficient (Wildman–Crippen LogP) is 4.75. The molecule has 39 heavy (non-hydrogen) atoms. The second kappa shape index (κ2) is 11.1. The third-order valence-corrected chi connectivity index (χ3v) is 6.50. The van der Waals surface area contributed by atoms with Gasteiger partial charge in [-0.2, -0.15) is 0 Å². The van der Waals surface area contributed by atoms with Crippen molar-refractivity contribution in [1.29, 1.82) is 0 Å². The lowest BCUT2D eigenvalue weighted by atomic mass is 9.98. The first-order valence-corrected chi connectivity index (χ1v) is 12.7. The second-order valence-corrected chi connectivity index (χ2v) is 10.5. The number of carbonyl (C=O) groups is 2. The number of hydrogen-bond acceptors (Lipinski definition) is 6. The fourth-order valence-electron chi connectivity index (χ4n) is 4.50. The Labute approximate surface area is 228 Å². The van der Waals surface area contributed by atoms with Gasteiger partial charge in [0.25, 0.3) is 0 Å². The molecule has 0 aliphatic carbocycles. The summed E-state index contributed by atoms with van der Waals surface area (Å²) in [5.74, 6) is 0.354. The number of ether oxygens (including phenoxy) is 2. The summed E-state index contributed by atoms with van der Waals surface area (Å²) in [6.45, 7) is 9.51. The Hall–Kier alpha value is -4.40. The number of para-hydroxylation sites is 1. The summed E-state index contributed by atoms with van der Waals surface area (Å²) in [6.07, 6.45) is 0. The van der Waals surface area contributed by atoms with Gasteiger partial charge < -0.3 is 14.8 Å². The summed E-state index contributed by atoms with van der Waals surface area (Å²) in [4.78, 5) is 29.9. The van der Waals surface area contributed by atoms with Crippen molar-refractivity contribution in [2.75, 3.05) is 19.1 Å². The van der Waals surface area contributed by atoms with Crippen LogP contribution < -0.4 is 19.7 Å². The van der Waals surface area contributed by atoms with Gasteiger partial charge in [0.1, 0.15) is 29.6 Å². The number of methoxy groups -OCH3 is 2. The van der Waals surface area contributed by atoms with E-state index >= 15 is 0 Å². The van der Waals surface area contributed by atoms with E-state index in [4.69, 9.17) is 9.47 Å². The maximum Gasteiger partial charge on any atom is 0.249 e. The molecule has 1 heterocycles. The smallest absolute Gasteiger partial charge is 0.249 e. The minimum atomic E-state index is -1.03. The zero-order chi connectivity index (χ0) is 28.3. The monoisotopic (exact) mass is 529 g/mol. The van der Waals surface area contributed by atoms with Crippen LogP contribution in [0.1, 0.15) is 43.5 Å². The number of rotatable bonds is 8. The van der Waals surface area contributed by atoms with E-state index < -0.39 is 11.6 Å². The quantitative estimate of drug-likeness (QED) is 0.354. The Morgan fingerprint density at radius 2 is 1.64 bits per heavy atom. The highest BCUT2D eigenvalue weighted by atomic mass is 16.5. The normalized spacial score (nSPS) is 12.2. The summed E-state index contributed by atoms with van der Waals surface area (Å²) in [6, 6.07) is 17.4. The van der Waals surface area contributed by atoms with Gasteiger partial charge in [0, 0.05) is 17.3 Å². The minimum absolute atomic E-state index is 0.117. The average molecular weight is 530 g/mol. The largest absolute Gasteiger partial charge is 0.497 e. The molecule has 204 valence electrons. The summed E-state index contributed by atoms with van der Waals surface area (Å²) in [5, 5.41) is 11.5. The number of nitrogens with one attached hydrogen (secondary N) is 1. The number of nitrogens with zero attached hydrogens (tertiary/aromatic N) is 4. The SMILES string of the molecule is COc1cc(OC)cc([C@@H](C(=O)NC(C)(C)C)N(C(=O)Cn2nnc3ccccc32)c2cccc(C)c2C)c1. The Morgan fingerprint density at radius 3 is 2.28 bits per heavy atom. The molecule has 1 N–H and O–H groups in total. The molecule has 1 aromatic heterocycles. The Kier molecular flexibility index (Phi) is 7.90.